The Morgan fingerprint density at radius 2 is 1.86 bits per heavy atom. The van der Waals surface area contributed by atoms with Crippen LogP contribution in [0, 0.1) is 0 Å². The predicted octanol–water partition coefficient (Wildman–Crippen LogP) is 5.90. The van der Waals surface area contributed by atoms with Gasteiger partial charge in [0.1, 0.15) is 23.0 Å². The third kappa shape index (κ3) is 4.08. The van der Waals surface area contributed by atoms with Crippen LogP contribution in [-0.2, 0) is 19.4 Å². The summed E-state index contributed by atoms with van der Waals surface area (Å²) in [5.74, 6) is 3.02. The van der Waals surface area contributed by atoms with E-state index >= 15 is 0 Å². The molecule has 1 unspecified atom stereocenters. The highest BCUT2D eigenvalue weighted by Crippen LogP contribution is 2.42. The summed E-state index contributed by atoms with van der Waals surface area (Å²) in [5.41, 5.74) is 9.21. The van der Waals surface area contributed by atoms with Crippen LogP contribution in [0.2, 0.25) is 0 Å². The van der Waals surface area contributed by atoms with E-state index in [1.807, 2.05) is 12.4 Å². The van der Waals surface area contributed by atoms with E-state index in [4.69, 9.17) is 4.42 Å². The van der Waals surface area contributed by atoms with Crippen molar-refractivity contribution in [2.75, 3.05) is 13.1 Å². The monoisotopic (exact) mass is 492 g/mol. The molecule has 5 aromatic rings. The third-order valence-electron chi connectivity index (χ3n) is 7.74. The second-order valence-corrected chi connectivity index (χ2v) is 10.2. The fraction of sp³-hybridized carbons (Fsp3) is 0.333. The van der Waals surface area contributed by atoms with Gasteiger partial charge < -0.3 is 25.0 Å². The summed E-state index contributed by atoms with van der Waals surface area (Å²) in [5, 5.41) is 8.13. The number of H-pyrrole nitrogens is 2. The first-order valence-electron chi connectivity index (χ1n) is 13.5. The molecule has 2 aromatic carbocycles. The molecule has 0 saturated carbocycles. The van der Waals surface area contributed by atoms with Crippen LogP contribution in [-0.4, -0.2) is 33.0 Å². The Morgan fingerprint density at radius 1 is 1.00 bits per heavy atom. The maximum Gasteiger partial charge on any atom is 0.138 e. The lowest BCUT2D eigenvalue weighted by molar-refractivity contribution is 0.613. The molecule has 7 heteroatoms. The summed E-state index contributed by atoms with van der Waals surface area (Å²) in [7, 11) is 0. The summed E-state index contributed by atoms with van der Waals surface area (Å²) in [6.45, 7) is 5.00. The van der Waals surface area contributed by atoms with Crippen molar-refractivity contribution < 1.29 is 4.42 Å². The molecule has 0 radical (unpaired) electrons. The van der Waals surface area contributed by atoms with Crippen LogP contribution < -0.4 is 10.6 Å². The van der Waals surface area contributed by atoms with Crippen molar-refractivity contribution in [3.8, 4) is 33.8 Å². The van der Waals surface area contributed by atoms with E-state index < -0.39 is 0 Å². The zero-order chi connectivity index (χ0) is 24.8. The molecule has 188 valence electrons. The highest BCUT2D eigenvalue weighted by molar-refractivity contribution is 5.92. The van der Waals surface area contributed by atoms with Crippen molar-refractivity contribution in [3.05, 3.63) is 71.6 Å². The Hall–Kier alpha value is -3.68. The fourth-order valence-corrected chi connectivity index (χ4v) is 5.79. The number of imidazole rings is 2. The summed E-state index contributed by atoms with van der Waals surface area (Å²) in [6, 6.07) is 13.5. The maximum absolute atomic E-state index is 6.43. The molecule has 2 aliphatic rings. The van der Waals surface area contributed by atoms with Crippen LogP contribution in [0.3, 0.4) is 0 Å². The second kappa shape index (κ2) is 9.32. The molecule has 7 nitrogen and oxygen atoms in total. The van der Waals surface area contributed by atoms with Crippen molar-refractivity contribution in [2.45, 2.75) is 51.6 Å². The topological polar surface area (TPSA) is 94.6 Å². The highest BCUT2D eigenvalue weighted by Gasteiger charge is 2.24. The molecular weight excluding hydrogens is 460 g/mol. The van der Waals surface area contributed by atoms with Gasteiger partial charge >= 0.3 is 0 Å². The number of nitrogens with zero attached hydrogens (tertiary/aromatic N) is 2. The van der Waals surface area contributed by atoms with E-state index in [0.717, 1.165) is 85.3 Å². The van der Waals surface area contributed by atoms with Gasteiger partial charge in [0.15, 0.2) is 0 Å². The summed E-state index contributed by atoms with van der Waals surface area (Å²) < 4.78 is 6.43. The molecule has 37 heavy (non-hydrogen) atoms. The van der Waals surface area contributed by atoms with Gasteiger partial charge in [-0.3, -0.25) is 0 Å². The fourth-order valence-electron chi connectivity index (χ4n) is 5.79. The van der Waals surface area contributed by atoms with E-state index in [9.17, 15) is 0 Å². The number of aromatic nitrogens is 4. The van der Waals surface area contributed by atoms with Crippen LogP contribution >= 0.6 is 0 Å². The Labute approximate surface area is 216 Å². The average molecular weight is 493 g/mol. The lowest BCUT2D eigenvalue weighted by Crippen LogP contribution is -2.14. The van der Waals surface area contributed by atoms with E-state index in [-0.39, 0.29) is 0 Å². The molecule has 4 heterocycles. The predicted molar refractivity (Wildman–Crippen MR) is 146 cm³/mol. The van der Waals surface area contributed by atoms with Crippen molar-refractivity contribution in [1.29, 1.82) is 0 Å². The van der Waals surface area contributed by atoms with Gasteiger partial charge in [-0.05, 0) is 80.6 Å². The number of hydrogen-bond acceptors (Lipinski definition) is 5. The maximum atomic E-state index is 6.43. The summed E-state index contributed by atoms with van der Waals surface area (Å²) in [6.07, 6.45) is 9.32. The molecule has 1 fully saturated rings. The van der Waals surface area contributed by atoms with Gasteiger partial charge in [-0.1, -0.05) is 19.1 Å². The van der Waals surface area contributed by atoms with Crippen molar-refractivity contribution >= 4 is 11.0 Å². The van der Waals surface area contributed by atoms with E-state index in [1.165, 1.54) is 34.1 Å². The molecule has 3 aromatic heterocycles. The zero-order valence-corrected chi connectivity index (χ0v) is 21.2. The smallest absolute Gasteiger partial charge is 0.138 e. The van der Waals surface area contributed by atoms with Crippen LogP contribution in [0.5, 0.6) is 0 Å². The van der Waals surface area contributed by atoms with Gasteiger partial charge in [0.25, 0.3) is 0 Å². The first-order chi connectivity index (χ1) is 18.3. The molecule has 1 atom stereocenters. The molecule has 0 bridgehead atoms. The zero-order valence-electron chi connectivity index (χ0n) is 21.2. The van der Waals surface area contributed by atoms with Gasteiger partial charge in [0, 0.05) is 22.1 Å². The number of aromatic amines is 2. The van der Waals surface area contributed by atoms with Crippen LogP contribution in [0.15, 0.2) is 53.2 Å². The molecule has 0 spiro atoms. The number of rotatable bonds is 7. The average Bonchev–Trinajstić information content (AvgIpc) is 3.73. The first-order valence-corrected chi connectivity index (χ1v) is 13.5. The molecular formula is C30H32N6O. The Morgan fingerprint density at radius 3 is 2.76 bits per heavy atom. The lowest BCUT2D eigenvalue weighted by Gasteiger charge is -2.16. The highest BCUT2D eigenvalue weighted by atomic mass is 16.3. The largest absolute Gasteiger partial charge is 0.456 e. The van der Waals surface area contributed by atoms with Crippen LogP contribution in [0.1, 0.15) is 55.0 Å². The number of furan rings is 1. The number of benzene rings is 2. The van der Waals surface area contributed by atoms with E-state index in [0.29, 0.717) is 6.04 Å². The molecule has 7 rings (SSSR count). The molecule has 1 saturated heterocycles. The number of nitrogens with one attached hydrogen (secondary N) is 4. The Balaban J connectivity index is 1.18. The molecule has 4 N–H and O–H groups in total. The van der Waals surface area contributed by atoms with Gasteiger partial charge in [-0.15, -0.1) is 0 Å². The standard InChI is InChI=1S/C30H32N6O/c1-2-11-31-17-28-33-15-25(35-28)19-6-8-21-18(13-19)5-9-22-23-14-20(7-10-27(23)37-29(21)22)26-16-34-30(36-26)24-4-3-12-32-24/h6-8,10,13-16,24,31-32H,2-5,9,11-12,17H2,1H3,(H,33,35)(H,34,36). The molecule has 1 aliphatic heterocycles. The van der Waals surface area contributed by atoms with Gasteiger partial charge in [0.05, 0.1) is 36.4 Å². The number of hydrogen-bond donors (Lipinski definition) is 4. The Kier molecular flexibility index (Phi) is 5.67. The lowest BCUT2D eigenvalue weighted by atomic mass is 9.88. The number of aryl methyl sites for hydroxylation is 2. The van der Waals surface area contributed by atoms with Crippen molar-refractivity contribution in [1.82, 2.24) is 30.6 Å². The quantitative estimate of drug-likeness (QED) is 0.212. The van der Waals surface area contributed by atoms with Gasteiger partial charge in [-0.2, -0.15) is 0 Å². The summed E-state index contributed by atoms with van der Waals surface area (Å²) >= 11 is 0. The first kappa shape index (κ1) is 22.5. The SMILES string of the molecule is CCCNCc1ncc(-c2ccc3c(c2)CCc2c-3oc3ccc(-c4cnc(C5CCCN5)[nH]4)cc23)[nH]1. The minimum absolute atomic E-state index is 0.339. The van der Waals surface area contributed by atoms with Crippen LogP contribution in [0.25, 0.3) is 44.8 Å². The van der Waals surface area contributed by atoms with Gasteiger partial charge in [0.2, 0.25) is 0 Å². The molecule has 1 aliphatic carbocycles. The van der Waals surface area contributed by atoms with E-state index in [1.54, 1.807) is 0 Å². The van der Waals surface area contributed by atoms with Crippen molar-refractivity contribution in [2.24, 2.45) is 0 Å². The Bertz CT molecular complexity index is 1570. The normalized spacial score (nSPS) is 16.8. The van der Waals surface area contributed by atoms with Crippen molar-refractivity contribution in [3.63, 3.8) is 0 Å². The van der Waals surface area contributed by atoms with E-state index in [2.05, 4.69) is 73.9 Å². The van der Waals surface area contributed by atoms with Gasteiger partial charge in [-0.25, -0.2) is 9.97 Å². The number of fused-ring (bicyclic) bond motifs is 5. The minimum Gasteiger partial charge on any atom is -0.456 e. The summed E-state index contributed by atoms with van der Waals surface area (Å²) in [4.78, 5) is 16.2. The minimum atomic E-state index is 0.339. The third-order valence-corrected chi connectivity index (χ3v) is 7.74. The van der Waals surface area contributed by atoms with Crippen LogP contribution in [0.4, 0.5) is 0 Å². The molecule has 0 amide bonds. The second-order valence-electron chi connectivity index (χ2n) is 10.2.